The van der Waals surface area contributed by atoms with Crippen molar-refractivity contribution in [2.24, 2.45) is 0 Å². The van der Waals surface area contributed by atoms with Crippen molar-refractivity contribution in [1.82, 2.24) is 0 Å². The fraction of sp³-hybridized carbons (Fsp3) is 0.231. The number of aromatic carboxylic acids is 1. The first kappa shape index (κ1) is 19.3. The Balaban J connectivity index is 3.03. The Labute approximate surface area is 154 Å². The van der Waals surface area contributed by atoms with Crippen LogP contribution in [0.1, 0.15) is 33.6 Å². The summed E-state index contributed by atoms with van der Waals surface area (Å²) >= 11 is 1.61. The monoisotopic (exact) mass is 482 g/mol. The van der Waals surface area contributed by atoms with Crippen molar-refractivity contribution in [3.05, 3.63) is 17.2 Å². The highest BCUT2D eigenvalue weighted by molar-refractivity contribution is 14.1. The molecule has 25 heavy (non-hydrogen) atoms. The van der Waals surface area contributed by atoms with Gasteiger partial charge in [0, 0.05) is 12.8 Å². The van der Waals surface area contributed by atoms with Gasteiger partial charge in [-0.3, -0.25) is 18.9 Å². The molecule has 1 aliphatic rings. The smallest absolute Gasteiger partial charge is 0.337 e. The normalized spacial score (nSPS) is 14.9. The number of anilines is 2. The maximum atomic E-state index is 12.3. The predicted molar refractivity (Wildman–Crippen MR) is 92.6 cm³/mol. The van der Waals surface area contributed by atoms with Gasteiger partial charge in [-0.25, -0.2) is 9.69 Å². The van der Waals surface area contributed by atoms with E-state index in [4.69, 9.17) is 5.73 Å². The van der Waals surface area contributed by atoms with Crippen molar-refractivity contribution in [2.45, 2.75) is 17.7 Å². The number of hydrogen-bond acceptors (Lipinski definition) is 7. The molecular formula is C13H11IN2O8S. The van der Waals surface area contributed by atoms with E-state index < -0.39 is 61.1 Å². The molecule has 134 valence electrons. The fourth-order valence-corrected chi connectivity index (χ4v) is 3.55. The molecule has 1 fully saturated rings. The number of carbonyl (C=O) groups excluding carboxylic acids is 3. The van der Waals surface area contributed by atoms with Crippen LogP contribution >= 0.6 is 22.6 Å². The highest BCUT2D eigenvalue weighted by Crippen LogP contribution is 2.39. The van der Waals surface area contributed by atoms with Gasteiger partial charge in [-0.2, -0.15) is 8.42 Å². The molecule has 0 atom stereocenters. The first-order chi connectivity index (χ1) is 11.5. The average molecular weight is 482 g/mol. The molecule has 0 aromatic heterocycles. The van der Waals surface area contributed by atoms with Gasteiger partial charge >= 0.3 is 5.97 Å². The third-order valence-corrected chi connectivity index (χ3v) is 5.06. The number of imide groups is 1. The van der Waals surface area contributed by atoms with Gasteiger partial charge in [-0.15, -0.1) is 0 Å². The first-order valence-corrected chi connectivity index (χ1v) is 9.59. The second kappa shape index (κ2) is 6.68. The number of nitrogens with zero attached hydrogens (tertiary/aromatic N) is 1. The highest BCUT2D eigenvalue weighted by atomic mass is 127. The Bertz CT molecular complexity index is 908. The summed E-state index contributed by atoms with van der Waals surface area (Å²) in [5.41, 5.74) is 3.04. The van der Waals surface area contributed by atoms with Crippen LogP contribution in [0.5, 0.6) is 0 Å². The lowest BCUT2D eigenvalue weighted by Gasteiger charge is -2.22. The van der Waals surface area contributed by atoms with Crippen molar-refractivity contribution in [3.8, 4) is 0 Å². The fourth-order valence-electron chi connectivity index (χ4n) is 2.43. The molecule has 1 aromatic carbocycles. The lowest BCUT2D eigenvalue weighted by Crippen LogP contribution is -2.32. The largest absolute Gasteiger partial charge is 0.478 e. The predicted octanol–water partition coefficient (Wildman–Crippen LogP) is 0.485. The van der Waals surface area contributed by atoms with Gasteiger partial charge in [0.1, 0.15) is 4.90 Å². The zero-order valence-corrected chi connectivity index (χ0v) is 15.3. The minimum atomic E-state index is -5.04. The number of rotatable bonds is 5. The standard InChI is InChI=1S/C13H11IN2O8S/c14-4-6(17)10-7(25(22,23)24)3-5(13(20)21)11(15)12(10)16-8(18)1-2-9(16)19/h3H,1-2,4,15H2,(H,20,21)(H,22,23,24). The highest BCUT2D eigenvalue weighted by Gasteiger charge is 2.38. The topological polar surface area (TPSA) is 172 Å². The molecule has 0 radical (unpaired) electrons. The second-order valence-corrected chi connectivity index (χ2v) is 7.17. The summed E-state index contributed by atoms with van der Waals surface area (Å²) in [6, 6.07) is 0.529. The number of nitrogen functional groups attached to an aromatic ring is 1. The van der Waals surface area contributed by atoms with Crippen LogP contribution in [0.15, 0.2) is 11.0 Å². The maximum absolute atomic E-state index is 12.3. The van der Waals surface area contributed by atoms with E-state index in [1.165, 1.54) is 0 Å². The molecule has 12 heteroatoms. The van der Waals surface area contributed by atoms with Crippen molar-refractivity contribution in [2.75, 3.05) is 15.1 Å². The van der Waals surface area contributed by atoms with Crippen LogP contribution in [0.3, 0.4) is 0 Å². The Hall–Kier alpha value is -2.06. The van der Waals surface area contributed by atoms with Crippen molar-refractivity contribution in [3.63, 3.8) is 0 Å². The van der Waals surface area contributed by atoms with Crippen molar-refractivity contribution in [1.29, 1.82) is 0 Å². The summed E-state index contributed by atoms with van der Waals surface area (Å²) < 4.78 is 32.5. The minimum absolute atomic E-state index is 0.200. The molecule has 2 amide bonds. The summed E-state index contributed by atoms with van der Waals surface area (Å²) in [5.74, 6) is -4.03. The van der Waals surface area contributed by atoms with E-state index in [-0.39, 0.29) is 17.3 Å². The third kappa shape index (κ3) is 3.36. The van der Waals surface area contributed by atoms with Crippen LogP contribution in [0.25, 0.3) is 0 Å². The number of Topliss-reactive ketones (excluding diaryl/α,β-unsaturated/α-hetero) is 1. The first-order valence-electron chi connectivity index (χ1n) is 6.62. The van der Waals surface area contributed by atoms with Crippen LogP contribution in [-0.2, 0) is 19.7 Å². The Morgan fingerprint density at radius 3 is 2.16 bits per heavy atom. The number of carboxylic acid groups (broad SMARTS) is 1. The molecule has 2 rings (SSSR count). The van der Waals surface area contributed by atoms with E-state index in [0.717, 1.165) is 0 Å². The number of ketones is 1. The summed E-state index contributed by atoms with van der Waals surface area (Å²) in [6.45, 7) is 0. The molecule has 1 heterocycles. The van der Waals surface area contributed by atoms with Crippen molar-refractivity contribution < 1.29 is 37.3 Å². The molecule has 0 aliphatic carbocycles. The second-order valence-electron chi connectivity index (χ2n) is 5.02. The number of benzene rings is 1. The molecule has 10 nitrogen and oxygen atoms in total. The summed E-state index contributed by atoms with van der Waals surface area (Å²) in [5, 5.41) is 9.21. The zero-order chi connectivity index (χ0) is 19.1. The van der Waals surface area contributed by atoms with E-state index in [9.17, 15) is 37.3 Å². The van der Waals surface area contributed by atoms with Gasteiger partial charge in [0.05, 0.1) is 26.9 Å². The van der Waals surface area contributed by atoms with E-state index in [2.05, 4.69) is 0 Å². The molecule has 0 saturated carbocycles. The molecule has 0 spiro atoms. The Kier molecular flexibility index (Phi) is 5.15. The average Bonchev–Trinajstić information content (AvgIpc) is 2.83. The van der Waals surface area contributed by atoms with E-state index in [0.29, 0.717) is 11.0 Å². The molecule has 4 N–H and O–H groups in total. The Morgan fingerprint density at radius 2 is 1.76 bits per heavy atom. The lowest BCUT2D eigenvalue weighted by atomic mass is 10.0. The molecule has 1 aromatic rings. The van der Waals surface area contributed by atoms with Gasteiger partial charge in [-0.1, -0.05) is 22.6 Å². The van der Waals surface area contributed by atoms with E-state index in [1.807, 2.05) is 0 Å². The van der Waals surface area contributed by atoms with Gasteiger partial charge < -0.3 is 10.8 Å². The Morgan fingerprint density at radius 1 is 1.24 bits per heavy atom. The number of carboxylic acids is 1. The number of alkyl halides is 1. The molecule has 1 saturated heterocycles. The summed E-state index contributed by atoms with van der Waals surface area (Å²) in [7, 11) is -5.04. The van der Waals surface area contributed by atoms with Crippen LogP contribution in [0.2, 0.25) is 0 Å². The van der Waals surface area contributed by atoms with Gasteiger partial charge in [0.25, 0.3) is 10.1 Å². The number of carbonyl (C=O) groups is 4. The number of halogens is 1. The van der Waals surface area contributed by atoms with Crippen LogP contribution in [0.4, 0.5) is 11.4 Å². The van der Waals surface area contributed by atoms with Crippen LogP contribution in [0, 0.1) is 0 Å². The SMILES string of the molecule is Nc1c(C(=O)O)cc(S(=O)(=O)O)c(C(=O)CI)c1N1C(=O)CCC1=O. The lowest BCUT2D eigenvalue weighted by molar-refractivity contribution is -0.121. The minimum Gasteiger partial charge on any atom is -0.478 e. The molecular weight excluding hydrogens is 471 g/mol. The maximum Gasteiger partial charge on any atom is 0.337 e. The van der Waals surface area contributed by atoms with E-state index in [1.54, 1.807) is 22.6 Å². The third-order valence-electron chi connectivity index (χ3n) is 3.49. The van der Waals surface area contributed by atoms with Gasteiger partial charge in [-0.05, 0) is 6.07 Å². The zero-order valence-electron chi connectivity index (χ0n) is 12.4. The van der Waals surface area contributed by atoms with Crippen LogP contribution in [-0.4, -0.2) is 46.1 Å². The number of nitrogens with two attached hydrogens (primary N) is 1. The molecule has 0 unspecified atom stereocenters. The molecule has 1 aliphatic heterocycles. The number of hydrogen-bond donors (Lipinski definition) is 3. The quantitative estimate of drug-likeness (QED) is 0.135. The van der Waals surface area contributed by atoms with Gasteiger partial charge in [0.15, 0.2) is 5.78 Å². The number of amides is 2. The van der Waals surface area contributed by atoms with Crippen molar-refractivity contribution >= 4 is 67.7 Å². The summed E-state index contributed by atoms with van der Waals surface area (Å²) in [4.78, 5) is 47.1. The van der Waals surface area contributed by atoms with E-state index >= 15 is 0 Å². The van der Waals surface area contributed by atoms with Crippen LogP contribution < -0.4 is 10.6 Å². The molecule has 0 bridgehead atoms. The van der Waals surface area contributed by atoms with Gasteiger partial charge in [0.2, 0.25) is 11.8 Å². The summed E-state index contributed by atoms with van der Waals surface area (Å²) in [6.07, 6.45) is -0.400.